The molecule has 110 valence electrons. The van der Waals surface area contributed by atoms with Gasteiger partial charge in [0.2, 0.25) is 0 Å². The van der Waals surface area contributed by atoms with Crippen molar-refractivity contribution in [3.8, 4) is 0 Å². The zero-order valence-corrected chi connectivity index (χ0v) is 12.9. The second-order valence-electron chi connectivity index (χ2n) is 5.32. The average molecular weight is 306 g/mol. The van der Waals surface area contributed by atoms with Gasteiger partial charge in [-0.1, -0.05) is 24.6 Å². The summed E-state index contributed by atoms with van der Waals surface area (Å²) in [7, 11) is 0. The van der Waals surface area contributed by atoms with Crippen LogP contribution in [0.2, 0.25) is 5.15 Å². The van der Waals surface area contributed by atoms with E-state index in [9.17, 15) is 4.39 Å². The highest BCUT2D eigenvalue weighted by atomic mass is 35.5. The van der Waals surface area contributed by atoms with Crippen LogP contribution in [0, 0.1) is 12.7 Å². The van der Waals surface area contributed by atoms with E-state index in [-0.39, 0.29) is 5.82 Å². The summed E-state index contributed by atoms with van der Waals surface area (Å²) in [5.74, 6) is 1.48. The number of fused-ring (bicyclic) bond motifs is 1. The van der Waals surface area contributed by atoms with E-state index in [0.717, 1.165) is 54.3 Å². The lowest BCUT2D eigenvalue weighted by atomic mass is 9.99. The Labute approximate surface area is 128 Å². The molecule has 3 rings (SSSR count). The largest absolute Gasteiger partial charge is 0.352 e. The first-order valence-electron chi connectivity index (χ1n) is 7.13. The third kappa shape index (κ3) is 2.72. The van der Waals surface area contributed by atoms with Crippen LogP contribution in [-0.4, -0.2) is 16.5 Å². The van der Waals surface area contributed by atoms with Crippen LogP contribution in [0.15, 0.2) is 18.2 Å². The maximum absolute atomic E-state index is 13.3. The summed E-state index contributed by atoms with van der Waals surface area (Å²) in [6.07, 6.45) is 1.57. The molecular weight excluding hydrogens is 289 g/mol. The molecule has 1 aromatic heterocycles. The van der Waals surface area contributed by atoms with Crippen molar-refractivity contribution in [3.05, 3.63) is 51.7 Å². The fourth-order valence-electron chi connectivity index (χ4n) is 2.69. The Bertz CT molecular complexity index is 687. The first-order chi connectivity index (χ1) is 10.1. The zero-order chi connectivity index (χ0) is 15.0. The highest BCUT2D eigenvalue weighted by Gasteiger charge is 2.21. The molecule has 1 aliphatic rings. The quantitative estimate of drug-likeness (QED) is 0.792. The van der Waals surface area contributed by atoms with Crippen LogP contribution < -0.4 is 4.90 Å². The van der Waals surface area contributed by atoms with Crippen LogP contribution in [0.1, 0.15) is 29.4 Å². The minimum Gasteiger partial charge on any atom is -0.352 e. The Morgan fingerprint density at radius 3 is 2.86 bits per heavy atom. The van der Waals surface area contributed by atoms with E-state index in [1.54, 1.807) is 6.07 Å². The van der Waals surface area contributed by atoms with Crippen molar-refractivity contribution >= 4 is 17.4 Å². The van der Waals surface area contributed by atoms with E-state index in [1.165, 1.54) is 6.07 Å². The lowest BCUT2D eigenvalue weighted by Gasteiger charge is -2.31. The van der Waals surface area contributed by atoms with Gasteiger partial charge in [-0.15, -0.1) is 0 Å². The molecule has 0 unspecified atom stereocenters. The van der Waals surface area contributed by atoms with Crippen LogP contribution in [0.5, 0.6) is 0 Å². The van der Waals surface area contributed by atoms with Gasteiger partial charge in [-0.3, -0.25) is 0 Å². The number of aromatic nitrogens is 2. The van der Waals surface area contributed by atoms with E-state index < -0.39 is 0 Å². The number of halogens is 2. The first kappa shape index (κ1) is 14.3. The van der Waals surface area contributed by atoms with Gasteiger partial charge in [0, 0.05) is 25.1 Å². The summed E-state index contributed by atoms with van der Waals surface area (Å²) < 4.78 is 13.3. The predicted molar refractivity (Wildman–Crippen MR) is 82.3 cm³/mol. The van der Waals surface area contributed by atoms with Gasteiger partial charge in [-0.05, 0) is 36.6 Å². The van der Waals surface area contributed by atoms with Crippen LogP contribution >= 0.6 is 11.6 Å². The maximum atomic E-state index is 13.3. The Morgan fingerprint density at radius 2 is 2.10 bits per heavy atom. The van der Waals surface area contributed by atoms with Gasteiger partial charge in [-0.2, -0.15) is 0 Å². The van der Waals surface area contributed by atoms with Crippen molar-refractivity contribution in [1.82, 2.24) is 9.97 Å². The number of benzene rings is 1. The third-order valence-corrected chi connectivity index (χ3v) is 4.27. The molecule has 0 aliphatic carbocycles. The van der Waals surface area contributed by atoms with Gasteiger partial charge in [-0.25, -0.2) is 14.4 Å². The van der Waals surface area contributed by atoms with Gasteiger partial charge in [0.1, 0.15) is 22.6 Å². The number of anilines is 1. The van der Waals surface area contributed by atoms with Gasteiger partial charge >= 0.3 is 0 Å². The molecule has 5 heteroatoms. The Kier molecular flexibility index (Phi) is 3.81. The van der Waals surface area contributed by atoms with Gasteiger partial charge in [0.15, 0.2) is 0 Å². The number of nitrogens with zero attached hydrogens (tertiary/aromatic N) is 3. The minimum absolute atomic E-state index is 0.170. The van der Waals surface area contributed by atoms with Gasteiger partial charge < -0.3 is 4.90 Å². The molecule has 0 N–H and O–H groups in total. The van der Waals surface area contributed by atoms with E-state index in [0.29, 0.717) is 5.15 Å². The molecular formula is C16H17ClFN3. The smallest absolute Gasteiger partial charge is 0.137 e. The van der Waals surface area contributed by atoms with E-state index in [1.807, 2.05) is 19.9 Å². The molecule has 0 amide bonds. The number of aryl methyl sites for hydroxylation is 1. The summed E-state index contributed by atoms with van der Waals surface area (Å²) in [6, 6.07) is 5.00. The molecule has 1 aromatic carbocycles. The molecule has 0 fully saturated rings. The molecule has 0 atom stereocenters. The predicted octanol–water partition coefficient (Wildman–Crippen LogP) is 3.70. The fourth-order valence-corrected chi connectivity index (χ4v) is 2.87. The van der Waals surface area contributed by atoms with E-state index >= 15 is 0 Å². The Morgan fingerprint density at radius 1 is 1.29 bits per heavy atom. The molecule has 0 spiro atoms. The first-order valence-corrected chi connectivity index (χ1v) is 7.51. The topological polar surface area (TPSA) is 29.0 Å². The fraction of sp³-hybridized carbons (Fsp3) is 0.375. The number of hydrogen-bond donors (Lipinski definition) is 0. The maximum Gasteiger partial charge on any atom is 0.137 e. The van der Waals surface area contributed by atoms with Crippen LogP contribution in [0.25, 0.3) is 0 Å². The van der Waals surface area contributed by atoms with Crippen LogP contribution in [-0.2, 0) is 19.4 Å². The van der Waals surface area contributed by atoms with Gasteiger partial charge in [0.05, 0.1) is 0 Å². The van der Waals surface area contributed by atoms with Gasteiger partial charge in [0.25, 0.3) is 0 Å². The van der Waals surface area contributed by atoms with Crippen molar-refractivity contribution in [2.45, 2.75) is 33.2 Å². The monoisotopic (exact) mass is 305 g/mol. The molecule has 0 saturated carbocycles. The van der Waals surface area contributed by atoms with Crippen LogP contribution in [0.3, 0.4) is 0 Å². The van der Waals surface area contributed by atoms with Crippen molar-refractivity contribution in [3.63, 3.8) is 0 Å². The van der Waals surface area contributed by atoms with Crippen molar-refractivity contribution in [2.75, 3.05) is 11.4 Å². The molecule has 21 heavy (non-hydrogen) atoms. The second-order valence-corrected chi connectivity index (χ2v) is 5.68. The molecule has 0 saturated heterocycles. The standard InChI is InChI=1S/C16H17ClFN3/c1-3-14-19-15(17)10(2)16(20-14)21-7-6-11-8-13(18)5-4-12(11)9-21/h4-5,8H,3,6-7,9H2,1-2H3. The summed E-state index contributed by atoms with van der Waals surface area (Å²) >= 11 is 6.21. The third-order valence-electron chi connectivity index (χ3n) is 3.90. The SMILES string of the molecule is CCc1nc(Cl)c(C)c(N2CCc3cc(F)ccc3C2)n1. The van der Waals surface area contributed by atoms with E-state index in [4.69, 9.17) is 11.6 Å². The highest BCUT2D eigenvalue weighted by Crippen LogP contribution is 2.28. The number of rotatable bonds is 2. The van der Waals surface area contributed by atoms with Crippen LogP contribution in [0.4, 0.5) is 10.2 Å². The summed E-state index contributed by atoms with van der Waals surface area (Å²) in [6.45, 7) is 5.50. The Balaban J connectivity index is 1.96. The molecule has 0 bridgehead atoms. The van der Waals surface area contributed by atoms with Crippen molar-refractivity contribution in [2.24, 2.45) is 0 Å². The summed E-state index contributed by atoms with van der Waals surface area (Å²) in [5.41, 5.74) is 3.13. The molecule has 2 heterocycles. The van der Waals surface area contributed by atoms with E-state index in [2.05, 4.69) is 14.9 Å². The van der Waals surface area contributed by atoms with Crippen molar-refractivity contribution in [1.29, 1.82) is 0 Å². The second kappa shape index (κ2) is 5.60. The lowest BCUT2D eigenvalue weighted by molar-refractivity contribution is 0.618. The molecule has 0 radical (unpaired) electrons. The molecule has 3 nitrogen and oxygen atoms in total. The normalized spacial score (nSPS) is 14.2. The average Bonchev–Trinajstić information content (AvgIpc) is 2.49. The summed E-state index contributed by atoms with van der Waals surface area (Å²) in [5, 5.41) is 0.516. The number of hydrogen-bond acceptors (Lipinski definition) is 3. The minimum atomic E-state index is -0.170. The Hall–Kier alpha value is -1.68. The highest BCUT2D eigenvalue weighted by molar-refractivity contribution is 6.30. The molecule has 1 aliphatic heterocycles. The van der Waals surface area contributed by atoms with Crippen molar-refractivity contribution < 1.29 is 4.39 Å². The molecule has 2 aromatic rings. The summed E-state index contributed by atoms with van der Waals surface area (Å²) in [4.78, 5) is 11.1. The zero-order valence-electron chi connectivity index (χ0n) is 12.2. The lowest BCUT2D eigenvalue weighted by Crippen LogP contribution is -2.32.